The summed E-state index contributed by atoms with van der Waals surface area (Å²) in [7, 11) is 0. The number of aromatic nitrogens is 1. The first-order valence-corrected chi connectivity index (χ1v) is 7.78. The van der Waals surface area contributed by atoms with Crippen LogP contribution < -0.4 is 5.43 Å². The van der Waals surface area contributed by atoms with Gasteiger partial charge >= 0.3 is 5.97 Å². The van der Waals surface area contributed by atoms with E-state index >= 15 is 0 Å². The average Bonchev–Trinajstić information content (AvgIpc) is 2.45. The number of carboxylic acid groups (broad SMARTS) is 1. The second kappa shape index (κ2) is 6.19. The first kappa shape index (κ1) is 16.4. The zero-order chi connectivity index (χ0) is 17.4. The van der Waals surface area contributed by atoms with Crippen molar-refractivity contribution in [3.05, 3.63) is 57.0 Å². The molecule has 0 aliphatic heterocycles. The molecule has 0 atom stereocenters. The summed E-state index contributed by atoms with van der Waals surface area (Å²) in [6, 6.07) is 5.49. The molecule has 2 aromatic rings. The molecule has 3 rings (SSSR count). The third kappa shape index (κ3) is 2.72. The van der Waals surface area contributed by atoms with Crippen molar-refractivity contribution in [2.45, 2.75) is 38.5 Å². The number of alkyl halides is 2. The highest BCUT2D eigenvalue weighted by molar-refractivity contribution is 5.91. The summed E-state index contributed by atoms with van der Waals surface area (Å²) < 4.78 is 25.8. The van der Waals surface area contributed by atoms with Gasteiger partial charge in [0, 0.05) is 28.4 Å². The fraction of sp³-hybridized carbons (Fsp3) is 0.333. The third-order valence-corrected chi connectivity index (χ3v) is 4.58. The van der Waals surface area contributed by atoms with Crippen molar-refractivity contribution >= 4 is 5.97 Å². The van der Waals surface area contributed by atoms with Crippen LogP contribution in [0.2, 0.25) is 0 Å². The summed E-state index contributed by atoms with van der Waals surface area (Å²) in [6.07, 6.45) is 0.0342. The molecule has 1 fully saturated rings. The molecule has 0 spiro atoms. The van der Waals surface area contributed by atoms with Gasteiger partial charge in [-0.15, -0.1) is 0 Å². The van der Waals surface area contributed by atoms with E-state index in [-0.39, 0.29) is 22.6 Å². The zero-order valence-corrected chi connectivity index (χ0v) is 13.1. The van der Waals surface area contributed by atoms with Gasteiger partial charge in [0.25, 0.3) is 6.43 Å². The lowest BCUT2D eigenvalue weighted by molar-refractivity contribution is 0.0692. The number of halogens is 2. The molecule has 0 amide bonds. The Balaban J connectivity index is 2.22. The molecule has 4 nitrogen and oxygen atoms in total. The van der Waals surface area contributed by atoms with Crippen LogP contribution >= 0.6 is 0 Å². The SMILES string of the molecule is Cc1[nH]c(C2CCC2)c(C(=O)O)c(=O)c1-c1cccc(C(F)F)c1. The first-order chi connectivity index (χ1) is 11.4. The van der Waals surface area contributed by atoms with Gasteiger partial charge in [0.1, 0.15) is 5.56 Å². The van der Waals surface area contributed by atoms with E-state index in [1.165, 1.54) is 24.3 Å². The maximum atomic E-state index is 12.9. The van der Waals surface area contributed by atoms with E-state index in [1.54, 1.807) is 6.92 Å². The van der Waals surface area contributed by atoms with E-state index in [2.05, 4.69) is 4.98 Å². The molecule has 1 saturated carbocycles. The fourth-order valence-corrected chi connectivity index (χ4v) is 3.14. The minimum Gasteiger partial charge on any atom is -0.477 e. The second-order valence-electron chi connectivity index (χ2n) is 6.10. The van der Waals surface area contributed by atoms with E-state index in [0.29, 0.717) is 17.0 Å². The maximum absolute atomic E-state index is 12.9. The number of nitrogens with one attached hydrogen (secondary N) is 1. The van der Waals surface area contributed by atoms with Crippen molar-refractivity contribution in [1.82, 2.24) is 4.98 Å². The average molecular weight is 333 g/mol. The Hall–Kier alpha value is -2.50. The number of H-pyrrole nitrogens is 1. The molecule has 6 heteroatoms. The van der Waals surface area contributed by atoms with Crippen LogP contribution in [0.5, 0.6) is 0 Å². The van der Waals surface area contributed by atoms with E-state index in [9.17, 15) is 23.5 Å². The lowest BCUT2D eigenvalue weighted by atomic mass is 9.80. The van der Waals surface area contributed by atoms with Crippen LogP contribution in [0.4, 0.5) is 8.78 Å². The van der Waals surface area contributed by atoms with Crippen molar-refractivity contribution in [3.63, 3.8) is 0 Å². The largest absolute Gasteiger partial charge is 0.477 e. The summed E-state index contributed by atoms with van der Waals surface area (Å²) in [5, 5.41) is 9.48. The maximum Gasteiger partial charge on any atom is 0.341 e. The Bertz CT molecular complexity index is 854. The highest BCUT2D eigenvalue weighted by Crippen LogP contribution is 2.37. The summed E-state index contributed by atoms with van der Waals surface area (Å²) >= 11 is 0. The highest BCUT2D eigenvalue weighted by atomic mass is 19.3. The van der Waals surface area contributed by atoms with Gasteiger partial charge in [-0.3, -0.25) is 4.79 Å². The van der Waals surface area contributed by atoms with Crippen LogP contribution in [0.25, 0.3) is 11.1 Å². The van der Waals surface area contributed by atoms with E-state index in [0.717, 1.165) is 19.3 Å². The second-order valence-corrected chi connectivity index (χ2v) is 6.10. The lowest BCUT2D eigenvalue weighted by Gasteiger charge is -2.27. The number of carboxylic acids is 1. The Labute approximate surface area is 137 Å². The number of pyridine rings is 1. The Morgan fingerprint density at radius 1 is 1.33 bits per heavy atom. The summed E-state index contributed by atoms with van der Waals surface area (Å²) in [5.74, 6) is -1.24. The highest BCUT2D eigenvalue weighted by Gasteiger charge is 2.29. The molecular weight excluding hydrogens is 316 g/mol. The van der Waals surface area contributed by atoms with Gasteiger partial charge in [0.2, 0.25) is 5.43 Å². The van der Waals surface area contributed by atoms with Crippen LogP contribution in [-0.2, 0) is 0 Å². The normalized spacial score (nSPS) is 14.7. The van der Waals surface area contributed by atoms with Gasteiger partial charge < -0.3 is 10.1 Å². The van der Waals surface area contributed by atoms with Crippen LogP contribution in [0.3, 0.4) is 0 Å². The molecule has 1 aromatic carbocycles. The number of rotatable bonds is 4. The Morgan fingerprint density at radius 3 is 2.58 bits per heavy atom. The van der Waals surface area contributed by atoms with Gasteiger partial charge in [-0.1, -0.05) is 24.6 Å². The number of hydrogen-bond acceptors (Lipinski definition) is 2. The molecule has 0 saturated heterocycles. The van der Waals surface area contributed by atoms with Crippen molar-refractivity contribution in [2.24, 2.45) is 0 Å². The molecule has 1 aliphatic rings. The van der Waals surface area contributed by atoms with Gasteiger partial charge in [0.05, 0.1) is 0 Å². The van der Waals surface area contributed by atoms with Crippen LogP contribution in [0.15, 0.2) is 29.1 Å². The van der Waals surface area contributed by atoms with Crippen LogP contribution in [-0.4, -0.2) is 16.1 Å². The zero-order valence-electron chi connectivity index (χ0n) is 13.1. The molecule has 1 aromatic heterocycles. The molecule has 0 bridgehead atoms. The topological polar surface area (TPSA) is 70.2 Å². The standard InChI is InChI=1S/C18H17F2NO3/c1-9-13(11-6-3-7-12(8-11)17(19)20)16(22)14(18(23)24)15(21-9)10-4-2-5-10/h3,6-8,10,17H,2,4-5H2,1H3,(H,21,22)(H,23,24). The predicted octanol–water partition coefficient (Wildman–Crippen LogP) is 4.25. The number of aryl methyl sites for hydroxylation is 1. The van der Waals surface area contributed by atoms with E-state index < -0.39 is 17.8 Å². The lowest BCUT2D eigenvalue weighted by Crippen LogP contribution is -2.26. The van der Waals surface area contributed by atoms with Gasteiger partial charge in [0.15, 0.2) is 0 Å². The molecule has 1 aliphatic carbocycles. The van der Waals surface area contributed by atoms with Crippen molar-refractivity contribution in [2.75, 3.05) is 0 Å². The number of aromatic carboxylic acids is 1. The molecule has 0 radical (unpaired) electrons. The Morgan fingerprint density at radius 2 is 2.04 bits per heavy atom. The minimum atomic E-state index is -2.66. The van der Waals surface area contributed by atoms with E-state index in [4.69, 9.17) is 0 Å². The van der Waals surface area contributed by atoms with Crippen molar-refractivity contribution in [1.29, 1.82) is 0 Å². The van der Waals surface area contributed by atoms with Crippen molar-refractivity contribution in [3.8, 4) is 11.1 Å². The molecule has 2 N–H and O–H groups in total. The van der Waals surface area contributed by atoms with Gasteiger partial charge in [-0.25, -0.2) is 13.6 Å². The minimum absolute atomic E-state index is 0.0453. The van der Waals surface area contributed by atoms with Gasteiger partial charge in [-0.2, -0.15) is 0 Å². The number of carbonyl (C=O) groups is 1. The van der Waals surface area contributed by atoms with Gasteiger partial charge in [-0.05, 0) is 31.4 Å². The molecule has 1 heterocycles. The van der Waals surface area contributed by atoms with Crippen LogP contribution in [0, 0.1) is 6.92 Å². The summed E-state index contributed by atoms with van der Waals surface area (Å²) in [6.45, 7) is 1.67. The van der Waals surface area contributed by atoms with Crippen molar-refractivity contribution < 1.29 is 18.7 Å². The number of hydrogen-bond donors (Lipinski definition) is 2. The monoisotopic (exact) mass is 333 g/mol. The summed E-state index contributed by atoms with van der Waals surface area (Å²) in [5.41, 5.74) is 0.288. The molecule has 0 unspecified atom stereocenters. The molecule has 24 heavy (non-hydrogen) atoms. The smallest absolute Gasteiger partial charge is 0.341 e. The number of aromatic amines is 1. The quantitative estimate of drug-likeness (QED) is 0.878. The van der Waals surface area contributed by atoms with E-state index in [1.807, 2.05) is 0 Å². The predicted molar refractivity (Wildman–Crippen MR) is 85.7 cm³/mol. The molecular formula is C18H17F2NO3. The third-order valence-electron chi connectivity index (χ3n) is 4.58. The first-order valence-electron chi connectivity index (χ1n) is 7.78. The Kier molecular flexibility index (Phi) is 4.22. The fourth-order valence-electron chi connectivity index (χ4n) is 3.14. The summed E-state index contributed by atoms with van der Waals surface area (Å²) in [4.78, 5) is 27.5. The molecule has 126 valence electrons. The number of benzene rings is 1. The van der Waals surface area contributed by atoms with Crippen LogP contribution in [0.1, 0.15) is 58.9 Å².